The van der Waals surface area contributed by atoms with Crippen LogP contribution in [-0.2, 0) is 0 Å². The van der Waals surface area contributed by atoms with Gasteiger partial charge in [0.1, 0.15) is 11.9 Å². The Morgan fingerprint density at radius 3 is 2.19 bits per heavy atom. The molecule has 1 aliphatic heterocycles. The molecular weight excluding hydrogens is 346 g/mol. The first kappa shape index (κ1) is 17.1. The summed E-state index contributed by atoms with van der Waals surface area (Å²) in [5, 5.41) is 9.58. The van der Waals surface area contributed by atoms with Gasteiger partial charge in [-0.25, -0.2) is 9.97 Å². The van der Waals surface area contributed by atoms with Crippen molar-refractivity contribution < 1.29 is 0 Å². The molecule has 1 saturated carbocycles. The number of nitriles is 1. The smallest absolute Gasteiger partial charge is 0.131 e. The molecule has 1 aliphatic carbocycles. The van der Waals surface area contributed by atoms with Gasteiger partial charge >= 0.3 is 0 Å². The largest absolute Gasteiger partial charge is 0.365 e. The van der Waals surface area contributed by atoms with Gasteiger partial charge in [-0.05, 0) is 44.9 Å². The first-order chi connectivity index (χ1) is 12.6. The molecule has 26 heavy (non-hydrogen) atoms. The molecule has 4 rings (SSSR count). The van der Waals surface area contributed by atoms with Crippen LogP contribution >= 0.6 is 11.6 Å². The second-order valence-electron chi connectivity index (χ2n) is 7.35. The number of hydrogen-bond donors (Lipinski definition) is 0. The highest BCUT2D eigenvalue weighted by Gasteiger charge is 2.31. The quantitative estimate of drug-likeness (QED) is 0.821. The topological polar surface area (TPSA) is 56.1 Å². The lowest BCUT2D eigenvalue weighted by Gasteiger charge is -2.46. The highest BCUT2D eigenvalue weighted by molar-refractivity contribution is 6.32. The van der Waals surface area contributed by atoms with Crippen LogP contribution in [0.4, 0.5) is 11.4 Å². The molecule has 1 aromatic carbocycles. The van der Waals surface area contributed by atoms with Crippen LogP contribution in [0.3, 0.4) is 0 Å². The fourth-order valence-corrected chi connectivity index (χ4v) is 3.87. The fraction of sp³-hybridized carbons (Fsp3) is 0.450. The number of rotatable bonds is 3. The molecule has 2 aliphatic rings. The van der Waals surface area contributed by atoms with Crippen molar-refractivity contribution >= 4 is 23.0 Å². The third-order valence-electron chi connectivity index (χ3n) is 5.32. The summed E-state index contributed by atoms with van der Waals surface area (Å²) in [4.78, 5) is 13.9. The van der Waals surface area contributed by atoms with Crippen LogP contribution in [0.15, 0.2) is 30.6 Å². The first-order valence-corrected chi connectivity index (χ1v) is 9.49. The summed E-state index contributed by atoms with van der Waals surface area (Å²) in [6, 6.07) is 8.44. The van der Waals surface area contributed by atoms with E-state index in [1.807, 2.05) is 24.5 Å². The van der Waals surface area contributed by atoms with Crippen molar-refractivity contribution in [3.8, 4) is 6.07 Å². The van der Waals surface area contributed by atoms with E-state index in [9.17, 15) is 0 Å². The van der Waals surface area contributed by atoms with Gasteiger partial charge in [0.05, 0.1) is 28.7 Å². The van der Waals surface area contributed by atoms with Gasteiger partial charge < -0.3 is 9.80 Å². The lowest BCUT2D eigenvalue weighted by molar-refractivity contribution is 0.480. The van der Waals surface area contributed by atoms with Gasteiger partial charge in [0.2, 0.25) is 0 Å². The molecule has 0 unspecified atom stereocenters. The molecule has 5 nitrogen and oxygen atoms in total. The normalized spacial score (nSPS) is 23.0. The van der Waals surface area contributed by atoms with E-state index < -0.39 is 0 Å². The SMILES string of the molecule is C[C@@H]1CN(c2ccc(C#N)c(Cl)c2)[C@@H](C)CN1c1cnc(C2CC2)nc1. The average Bonchev–Trinajstić information content (AvgIpc) is 3.48. The standard InChI is InChI=1S/C20H22ClN5/c1-13-12-26(18-9-23-20(24-10-18)15-3-4-15)14(2)11-25(13)17-6-5-16(8-22)19(21)7-17/h5-7,9-10,13-15H,3-4,11-12H2,1-2H3/t13-,14+/m0/s1. The summed E-state index contributed by atoms with van der Waals surface area (Å²) in [5.74, 6) is 1.57. The molecule has 0 amide bonds. The van der Waals surface area contributed by atoms with E-state index in [0.29, 0.717) is 28.6 Å². The molecule has 2 atom stereocenters. The van der Waals surface area contributed by atoms with Gasteiger partial charge in [-0.3, -0.25) is 0 Å². The van der Waals surface area contributed by atoms with Crippen LogP contribution < -0.4 is 9.80 Å². The number of hydrogen-bond acceptors (Lipinski definition) is 5. The van der Waals surface area contributed by atoms with Crippen molar-refractivity contribution in [3.63, 3.8) is 0 Å². The third-order valence-corrected chi connectivity index (χ3v) is 5.64. The monoisotopic (exact) mass is 367 g/mol. The Bertz CT molecular complexity index is 840. The number of aromatic nitrogens is 2. The molecule has 1 saturated heterocycles. The molecule has 2 aromatic rings. The van der Waals surface area contributed by atoms with Gasteiger partial charge in [-0.2, -0.15) is 5.26 Å². The molecule has 0 radical (unpaired) electrons. The van der Waals surface area contributed by atoms with Crippen LogP contribution in [-0.4, -0.2) is 35.1 Å². The zero-order valence-corrected chi connectivity index (χ0v) is 15.8. The van der Waals surface area contributed by atoms with E-state index in [1.54, 1.807) is 6.07 Å². The van der Waals surface area contributed by atoms with Gasteiger partial charge in [0, 0.05) is 36.8 Å². The molecule has 1 aromatic heterocycles. The minimum absolute atomic E-state index is 0.318. The Labute approximate surface area is 159 Å². The van der Waals surface area contributed by atoms with Crippen LogP contribution in [0.1, 0.15) is 44.0 Å². The molecule has 2 heterocycles. The van der Waals surface area contributed by atoms with E-state index in [1.165, 1.54) is 12.8 Å². The lowest BCUT2D eigenvalue weighted by Crippen LogP contribution is -2.56. The summed E-state index contributed by atoms with van der Waals surface area (Å²) in [5.41, 5.74) is 2.67. The number of benzene rings is 1. The predicted molar refractivity (Wildman–Crippen MR) is 104 cm³/mol. The third kappa shape index (κ3) is 3.22. The van der Waals surface area contributed by atoms with Crippen molar-refractivity contribution in [2.24, 2.45) is 0 Å². The van der Waals surface area contributed by atoms with Gasteiger partial charge in [0.15, 0.2) is 0 Å². The maximum Gasteiger partial charge on any atom is 0.131 e. The van der Waals surface area contributed by atoms with E-state index in [2.05, 4.69) is 39.7 Å². The molecule has 2 fully saturated rings. The fourth-order valence-electron chi connectivity index (χ4n) is 3.65. The zero-order chi connectivity index (χ0) is 18.3. The Morgan fingerprint density at radius 2 is 1.65 bits per heavy atom. The summed E-state index contributed by atoms with van der Waals surface area (Å²) in [7, 11) is 0. The minimum atomic E-state index is 0.318. The molecule has 0 spiro atoms. The highest BCUT2D eigenvalue weighted by Crippen LogP contribution is 2.38. The number of nitrogens with zero attached hydrogens (tertiary/aromatic N) is 5. The zero-order valence-electron chi connectivity index (χ0n) is 15.1. The molecule has 134 valence electrons. The maximum absolute atomic E-state index is 9.07. The van der Waals surface area contributed by atoms with E-state index in [4.69, 9.17) is 16.9 Å². The van der Waals surface area contributed by atoms with Crippen molar-refractivity contribution in [1.82, 2.24) is 9.97 Å². The average molecular weight is 368 g/mol. The Hall–Kier alpha value is -2.32. The Balaban J connectivity index is 1.51. The van der Waals surface area contributed by atoms with Crippen molar-refractivity contribution in [2.75, 3.05) is 22.9 Å². The van der Waals surface area contributed by atoms with Crippen molar-refractivity contribution in [3.05, 3.63) is 47.0 Å². The van der Waals surface area contributed by atoms with Gasteiger partial charge in [0.25, 0.3) is 0 Å². The number of anilines is 2. The summed E-state index contributed by atoms with van der Waals surface area (Å²) >= 11 is 6.23. The van der Waals surface area contributed by atoms with E-state index in [0.717, 1.165) is 30.3 Å². The molecule has 0 bridgehead atoms. The van der Waals surface area contributed by atoms with Crippen LogP contribution in [0.25, 0.3) is 0 Å². The Morgan fingerprint density at radius 1 is 1.04 bits per heavy atom. The maximum atomic E-state index is 9.07. The second kappa shape index (κ2) is 6.77. The van der Waals surface area contributed by atoms with Crippen molar-refractivity contribution in [1.29, 1.82) is 5.26 Å². The van der Waals surface area contributed by atoms with Crippen LogP contribution in [0, 0.1) is 11.3 Å². The van der Waals surface area contributed by atoms with Crippen molar-refractivity contribution in [2.45, 2.75) is 44.7 Å². The molecule has 6 heteroatoms. The second-order valence-corrected chi connectivity index (χ2v) is 7.76. The first-order valence-electron chi connectivity index (χ1n) is 9.11. The molecular formula is C20H22ClN5. The summed E-state index contributed by atoms with van der Waals surface area (Å²) in [6.45, 7) is 6.21. The van der Waals surface area contributed by atoms with E-state index in [-0.39, 0.29) is 0 Å². The molecule has 0 N–H and O–H groups in total. The highest BCUT2D eigenvalue weighted by atomic mass is 35.5. The van der Waals surface area contributed by atoms with Gasteiger partial charge in [-0.1, -0.05) is 11.6 Å². The minimum Gasteiger partial charge on any atom is -0.365 e. The van der Waals surface area contributed by atoms with Gasteiger partial charge in [-0.15, -0.1) is 0 Å². The Kier molecular flexibility index (Phi) is 4.46. The predicted octanol–water partition coefficient (Wildman–Crippen LogP) is 3.98. The van der Waals surface area contributed by atoms with E-state index >= 15 is 0 Å². The lowest BCUT2D eigenvalue weighted by atomic mass is 10.1. The van der Waals surface area contributed by atoms with Crippen LogP contribution in [0.5, 0.6) is 0 Å². The number of piperazine rings is 1. The van der Waals surface area contributed by atoms with Crippen LogP contribution in [0.2, 0.25) is 5.02 Å². The number of halogens is 1. The summed E-state index contributed by atoms with van der Waals surface area (Å²) in [6.07, 6.45) is 6.38. The summed E-state index contributed by atoms with van der Waals surface area (Å²) < 4.78 is 0.